The molecule has 0 bridgehead atoms. The number of aromatic nitrogens is 2. The number of aryl methyl sites for hydroxylation is 2. The minimum Gasteiger partial charge on any atom is -0.383 e. The highest BCUT2D eigenvalue weighted by molar-refractivity contribution is 14.0. The van der Waals surface area contributed by atoms with Gasteiger partial charge in [0.1, 0.15) is 5.82 Å². The molecule has 1 aromatic carbocycles. The third kappa shape index (κ3) is 7.92. The zero-order valence-electron chi connectivity index (χ0n) is 17.6. The third-order valence-corrected chi connectivity index (χ3v) is 4.46. The Morgan fingerprint density at radius 1 is 1.25 bits per heavy atom. The Labute approximate surface area is 186 Å². The number of aliphatic imine (C=N–C) groups is 1. The fourth-order valence-corrected chi connectivity index (χ4v) is 2.96. The molecule has 0 fully saturated rings. The summed E-state index contributed by atoms with van der Waals surface area (Å²) >= 11 is 0. The lowest BCUT2D eigenvalue weighted by atomic mass is 10.3. The number of likely N-dealkylation sites (N-methyl/N-ethyl adjacent to an activating group) is 1. The average Bonchev–Trinajstić information content (AvgIpc) is 2.98. The van der Waals surface area contributed by atoms with Crippen molar-refractivity contribution in [3.05, 3.63) is 30.1 Å². The van der Waals surface area contributed by atoms with Crippen molar-refractivity contribution in [1.29, 1.82) is 0 Å². The molecule has 1 aromatic heterocycles. The molecule has 8 heteroatoms. The van der Waals surface area contributed by atoms with Crippen molar-refractivity contribution in [2.75, 3.05) is 53.5 Å². The normalized spacial score (nSPS) is 11.7. The number of hydrogen-bond acceptors (Lipinski definition) is 4. The molecule has 0 radical (unpaired) electrons. The van der Waals surface area contributed by atoms with E-state index in [9.17, 15) is 0 Å². The number of nitrogens with zero attached hydrogens (tertiary/aromatic N) is 4. The van der Waals surface area contributed by atoms with Gasteiger partial charge in [-0.3, -0.25) is 4.99 Å². The molecule has 0 aliphatic carbocycles. The Hall–Kier alpha value is -1.39. The first-order valence-electron chi connectivity index (χ1n) is 9.77. The Bertz CT molecular complexity index is 718. The van der Waals surface area contributed by atoms with Crippen molar-refractivity contribution in [3.63, 3.8) is 0 Å². The highest BCUT2D eigenvalue weighted by Crippen LogP contribution is 2.15. The van der Waals surface area contributed by atoms with E-state index in [2.05, 4.69) is 64.2 Å². The molecule has 0 aliphatic heterocycles. The molecule has 2 aromatic rings. The van der Waals surface area contributed by atoms with Crippen LogP contribution in [0.2, 0.25) is 0 Å². The zero-order chi connectivity index (χ0) is 19.5. The van der Waals surface area contributed by atoms with Crippen LogP contribution in [0.4, 0.5) is 0 Å². The molecular formula is C20H35IN6O. The summed E-state index contributed by atoms with van der Waals surface area (Å²) in [6, 6.07) is 8.29. The molecule has 2 N–H and O–H groups in total. The molecule has 7 nitrogen and oxygen atoms in total. The molecule has 0 saturated carbocycles. The van der Waals surface area contributed by atoms with E-state index >= 15 is 0 Å². The summed E-state index contributed by atoms with van der Waals surface area (Å²) in [5, 5.41) is 6.71. The summed E-state index contributed by atoms with van der Waals surface area (Å²) in [5.41, 5.74) is 2.26. The van der Waals surface area contributed by atoms with E-state index in [4.69, 9.17) is 9.73 Å². The lowest BCUT2D eigenvalue weighted by molar-refractivity contribution is 0.162. The summed E-state index contributed by atoms with van der Waals surface area (Å²) < 4.78 is 7.38. The van der Waals surface area contributed by atoms with Crippen molar-refractivity contribution in [1.82, 2.24) is 25.1 Å². The molecule has 2 rings (SSSR count). The molecule has 0 spiro atoms. The van der Waals surface area contributed by atoms with Crippen molar-refractivity contribution in [2.45, 2.75) is 26.8 Å². The van der Waals surface area contributed by atoms with Gasteiger partial charge in [0.15, 0.2) is 5.96 Å². The van der Waals surface area contributed by atoms with E-state index in [0.29, 0.717) is 0 Å². The van der Waals surface area contributed by atoms with Crippen LogP contribution in [-0.4, -0.2) is 73.9 Å². The number of methoxy groups -OCH3 is 1. The van der Waals surface area contributed by atoms with Gasteiger partial charge in [-0.15, -0.1) is 24.0 Å². The molecular weight excluding hydrogens is 467 g/mol. The minimum atomic E-state index is 0. The van der Waals surface area contributed by atoms with Crippen molar-refractivity contribution >= 4 is 41.0 Å². The first-order chi connectivity index (χ1) is 13.2. The number of guanidine groups is 1. The molecule has 0 amide bonds. The summed E-state index contributed by atoms with van der Waals surface area (Å²) in [6.07, 6.45) is 0.978. The van der Waals surface area contributed by atoms with Gasteiger partial charge in [0.2, 0.25) is 0 Å². The van der Waals surface area contributed by atoms with Crippen LogP contribution >= 0.6 is 24.0 Å². The molecule has 0 unspecified atom stereocenters. The number of para-hydroxylation sites is 2. The predicted molar refractivity (Wildman–Crippen MR) is 128 cm³/mol. The largest absolute Gasteiger partial charge is 0.383 e. The first kappa shape index (κ1) is 24.6. The fourth-order valence-electron chi connectivity index (χ4n) is 2.96. The predicted octanol–water partition coefficient (Wildman–Crippen LogP) is 2.49. The number of nitrogens with one attached hydrogen (secondary N) is 2. The van der Waals surface area contributed by atoms with Gasteiger partial charge in [-0.25, -0.2) is 4.98 Å². The average molecular weight is 502 g/mol. The summed E-state index contributed by atoms with van der Waals surface area (Å²) in [7, 11) is 3.83. The second kappa shape index (κ2) is 13.7. The van der Waals surface area contributed by atoms with Crippen LogP contribution in [0.3, 0.4) is 0 Å². The van der Waals surface area contributed by atoms with Gasteiger partial charge in [-0.05, 0) is 39.4 Å². The monoisotopic (exact) mass is 502 g/mol. The van der Waals surface area contributed by atoms with Crippen LogP contribution in [0.25, 0.3) is 11.0 Å². The number of ether oxygens (including phenoxy) is 1. The molecule has 0 atom stereocenters. The second-order valence-electron chi connectivity index (χ2n) is 6.64. The maximum absolute atomic E-state index is 5.11. The smallest absolute Gasteiger partial charge is 0.191 e. The maximum atomic E-state index is 5.11. The van der Waals surface area contributed by atoms with Crippen LogP contribution in [0.5, 0.6) is 0 Å². The minimum absolute atomic E-state index is 0. The highest BCUT2D eigenvalue weighted by Gasteiger charge is 2.06. The maximum Gasteiger partial charge on any atom is 0.191 e. The van der Waals surface area contributed by atoms with E-state index in [1.807, 2.05) is 6.07 Å². The van der Waals surface area contributed by atoms with E-state index < -0.39 is 0 Å². The van der Waals surface area contributed by atoms with Crippen LogP contribution in [0.15, 0.2) is 29.3 Å². The molecule has 0 saturated heterocycles. The fraction of sp³-hybridized carbons (Fsp3) is 0.600. The summed E-state index contributed by atoms with van der Waals surface area (Å²) in [6.45, 7) is 10.2. The Morgan fingerprint density at radius 3 is 2.79 bits per heavy atom. The molecule has 1 heterocycles. The van der Waals surface area contributed by atoms with Crippen LogP contribution in [-0.2, 0) is 11.3 Å². The third-order valence-electron chi connectivity index (χ3n) is 4.46. The van der Waals surface area contributed by atoms with Crippen LogP contribution < -0.4 is 10.6 Å². The van der Waals surface area contributed by atoms with Crippen molar-refractivity contribution < 1.29 is 4.74 Å². The number of hydrogen-bond donors (Lipinski definition) is 2. The quantitative estimate of drug-likeness (QED) is 0.214. The van der Waals surface area contributed by atoms with Gasteiger partial charge < -0.3 is 24.8 Å². The van der Waals surface area contributed by atoms with Gasteiger partial charge in [0.25, 0.3) is 0 Å². The topological polar surface area (TPSA) is 66.7 Å². The number of benzene rings is 1. The number of imidazole rings is 1. The van der Waals surface area contributed by atoms with Gasteiger partial charge in [-0.2, -0.15) is 0 Å². The lowest BCUT2D eigenvalue weighted by Crippen LogP contribution is -2.41. The van der Waals surface area contributed by atoms with Gasteiger partial charge >= 0.3 is 0 Å². The standard InChI is InChI=1S/C20H34N6O.HI/c1-5-21-20(23-12-14-25(3)15-16-27-4)22-11-8-13-26-17(2)24-18-9-6-7-10-19(18)26;/h6-7,9-10H,5,8,11-16H2,1-4H3,(H2,21,22,23);1H. The van der Waals surface area contributed by atoms with Gasteiger partial charge in [-0.1, -0.05) is 12.1 Å². The van der Waals surface area contributed by atoms with Crippen LogP contribution in [0.1, 0.15) is 19.2 Å². The van der Waals surface area contributed by atoms with Gasteiger partial charge in [0.05, 0.1) is 17.6 Å². The number of halogens is 1. The zero-order valence-corrected chi connectivity index (χ0v) is 19.9. The van der Waals surface area contributed by atoms with Crippen molar-refractivity contribution in [2.24, 2.45) is 4.99 Å². The first-order valence-corrected chi connectivity index (χ1v) is 9.77. The van der Waals surface area contributed by atoms with E-state index in [0.717, 1.165) is 69.6 Å². The van der Waals surface area contributed by atoms with Crippen molar-refractivity contribution in [3.8, 4) is 0 Å². The number of fused-ring (bicyclic) bond motifs is 1. The summed E-state index contributed by atoms with van der Waals surface area (Å²) in [4.78, 5) is 11.6. The Kier molecular flexibility index (Phi) is 12.1. The molecule has 158 valence electrons. The second-order valence-corrected chi connectivity index (χ2v) is 6.64. The molecule has 28 heavy (non-hydrogen) atoms. The Morgan fingerprint density at radius 2 is 2.04 bits per heavy atom. The Balaban J connectivity index is 0.00000392. The lowest BCUT2D eigenvalue weighted by Gasteiger charge is -2.17. The summed E-state index contributed by atoms with van der Waals surface area (Å²) in [5.74, 6) is 1.94. The highest BCUT2D eigenvalue weighted by atomic mass is 127. The van der Waals surface area contributed by atoms with E-state index in [-0.39, 0.29) is 24.0 Å². The SMILES string of the molecule is CCNC(=NCCCn1c(C)nc2ccccc21)NCCN(C)CCOC.I. The molecule has 0 aliphatic rings. The van der Waals surface area contributed by atoms with Crippen LogP contribution in [0, 0.1) is 6.92 Å². The number of rotatable bonds is 11. The van der Waals surface area contributed by atoms with Gasteiger partial charge in [0, 0.05) is 46.4 Å². The van der Waals surface area contributed by atoms with E-state index in [1.165, 1.54) is 5.52 Å². The van der Waals surface area contributed by atoms with E-state index in [1.54, 1.807) is 7.11 Å².